The first-order valence-corrected chi connectivity index (χ1v) is 7.54. The topological polar surface area (TPSA) is 78.9 Å². The lowest BCUT2D eigenvalue weighted by atomic mass is 10.1. The number of halogens is 2. The first-order chi connectivity index (χ1) is 10.0. The second kappa shape index (κ2) is 6.89. The molecule has 0 aliphatic heterocycles. The van der Waals surface area contributed by atoms with Crippen molar-refractivity contribution in [1.29, 1.82) is 0 Å². The molecule has 21 heavy (non-hydrogen) atoms. The average molecular weight is 358 g/mol. The minimum atomic E-state index is -0.586. The summed E-state index contributed by atoms with van der Waals surface area (Å²) in [5.74, 6) is -1.08. The predicted octanol–water partition coefficient (Wildman–Crippen LogP) is 2.72. The van der Waals surface area contributed by atoms with E-state index in [1.165, 1.54) is 17.0 Å². The monoisotopic (exact) mass is 357 g/mol. The van der Waals surface area contributed by atoms with E-state index in [-0.39, 0.29) is 24.0 Å². The molecule has 0 radical (unpaired) electrons. The van der Waals surface area contributed by atoms with E-state index in [0.717, 1.165) is 25.7 Å². The molecule has 1 saturated carbocycles. The third-order valence-corrected chi connectivity index (χ3v) is 4.14. The van der Waals surface area contributed by atoms with Crippen LogP contribution in [0.25, 0.3) is 0 Å². The number of oxime groups is 1. The third-order valence-electron chi connectivity index (χ3n) is 3.65. The Kier molecular flexibility index (Phi) is 5.17. The van der Waals surface area contributed by atoms with Gasteiger partial charge in [0.2, 0.25) is 0 Å². The summed E-state index contributed by atoms with van der Waals surface area (Å²) in [7, 11) is 0. The Morgan fingerprint density at radius 3 is 2.71 bits per heavy atom. The fraction of sp³-hybridized carbons (Fsp3) is 0.429. The van der Waals surface area contributed by atoms with E-state index in [4.69, 9.17) is 10.9 Å². The molecular weight excluding hydrogens is 341 g/mol. The van der Waals surface area contributed by atoms with Crippen LogP contribution in [0.1, 0.15) is 36.0 Å². The molecule has 0 unspecified atom stereocenters. The zero-order chi connectivity index (χ0) is 15.4. The van der Waals surface area contributed by atoms with E-state index < -0.39 is 11.7 Å². The number of carbonyl (C=O) groups is 1. The molecule has 1 aliphatic carbocycles. The molecule has 0 aromatic heterocycles. The van der Waals surface area contributed by atoms with Gasteiger partial charge in [0.05, 0.1) is 12.1 Å². The van der Waals surface area contributed by atoms with Gasteiger partial charge in [0.1, 0.15) is 5.82 Å². The molecule has 3 N–H and O–H groups in total. The molecule has 2 rings (SSSR count). The van der Waals surface area contributed by atoms with Crippen LogP contribution in [0.4, 0.5) is 4.39 Å². The van der Waals surface area contributed by atoms with Crippen molar-refractivity contribution in [3.63, 3.8) is 0 Å². The fourth-order valence-electron chi connectivity index (χ4n) is 2.61. The molecule has 0 heterocycles. The Balaban J connectivity index is 2.28. The van der Waals surface area contributed by atoms with Crippen LogP contribution in [-0.2, 0) is 0 Å². The van der Waals surface area contributed by atoms with Crippen LogP contribution in [0.5, 0.6) is 0 Å². The normalized spacial score (nSPS) is 16.2. The molecule has 7 heteroatoms. The Bertz CT molecular complexity index is 559. The summed E-state index contributed by atoms with van der Waals surface area (Å²) in [4.78, 5) is 14.1. The molecule has 1 amide bonds. The zero-order valence-electron chi connectivity index (χ0n) is 11.4. The van der Waals surface area contributed by atoms with Crippen LogP contribution in [0.3, 0.4) is 0 Å². The van der Waals surface area contributed by atoms with E-state index in [2.05, 4.69) is 21.1 Å². The highest BCUT2D eigenvalue weighted by atomic mass is 79.9. The van der Waals surface area contributed by atoms with Crippen molar-refractivity contribution in [2.75, 3.05) is 6.54 Å². The molecule has 0 atom stereocenters. The quantitative estimate of drug-likeness (QED) is 0.376. The van der Waals surface area contributed by atoms with Crippen LogP contribution >= 0.6 is 15.9 Å². The molecule has 114 valence electrons. The van der Waals surface area contributed by atoms with Gasteiger partial charge in [0, 0.05) is 10.5 Å². The molecule has 1 aromatic rings. The maximum Gasteiger partial charge on any atom is 0.257 e. The van der Waals surface area contributed by atoms with Crippen molar-refractivity contribution in [2.45, 2.75) is 31.7 Å². The number of benzene rings is 1. The standard InChI is InChI=1S/C14H17BrFN3O2/c15-9-5-6-11(12(16)7-9)14(20)19(8-13(17)18-21)10-3-1-2-4-10/h5-7,10,21H,1-4,8H2,(H2,17,18). The molecule has 5 nitrogen and oxygen atoms in total. The summed E-state index contributed by atoms with van der Waals surface area (Å²) >= 11 is 3.16. The van der Waals surface area contributed by atoms with Crippen molar-refractivity contribution >= 4 is 27.7 Å². The summed E-state index contributed by atoms with van der Waals surface area (Å²) in [5, 5.41) is 11.6. The highest BCUT2D eigenvalue weighted by Gasteiger charge is 2.29. The summed E-state index contributed by atoms with van der Waals surface area (Å²) < 4.78 is 14.5. The van der Waals surface area contributed by atoms with Crippen LogP contribution in [0, 0.1) is 5.82 Å². The van der Waals surface area contributed by atoms with Crippen molar-refractivity contribution in [3.05, 3.63) is 34.1 Å². The summed E-state index contributed by atoms with van der Waals surface area (Å²) in [6.45, 7) is -0.00446. The molecule has 1 fully saturated rings. The van der Waals surface area contributed by atoms with Crippen LogP contribution < -0.4 is 5.73 Å². The Morgan fingerprint density at radius 2 is 2.14 bits per heavy atom. The molecule has 0 saturated heterocycles. The van der Waals surface area contributed by atoms with Crippen molar-refractivity contribution in [3.8, 4) is 0 Å². The molecule has 0 spiro atoms. The van der Waals surface area contributed by atoms with E-state index in [1.807, 2.05) is 0 Å². The Labute approximate surface area is 130 Å². The Hall–Kier alpha value is -1.63. The van der Waals surface area contributed by atoms with Gasteiger partial charge in [0.15, 0.2) is 5.84 Å². The van der Waals surface area contributed by atoms with Gasteiger partial charge in [-0.3, -0.25) is 4.79 Å². The number of amides is 1. The average Bonchev–Trinajstić information content (AvgIpc) is 2.97. The molecule has 1 aliphatic rings. The van der Waals surface area contributed by atoms with E-state index in [1.54, 1.807) is 6.07 Å². The van der Waals surface area contributed by atoms with Gasteiger partial charge in [-0.1, -0.05) is 33.9 Å². The summed E-state index contributed by atoms with van der Waals surface area (Å²) in [6, 6.07) is 4.31. The number of hydrogen-bond donors (Lipinski definition) is 2. The second-order valence-electron chi connectivity index (χ2n) is 5.09. The lowest BCUT2D eigenvalue weighted by Gasteiger charge is -2.28. The smallest absolute Gasteiger partial charge is 0.257 e. The molecular formula is C14H17BrFN3O2. The van der Waals surface area contributed by atoms with Gasteiger partial charge < -0.3 is 15.8 Å². The number of amidine groups is 1. The minimum Gasteiger partial charge on any atom is -0.409 e. The number of nitrogens with two attached hydrogens (primary N) is 1. The van der Waals surface area contributed by atoms with Gasteiger partial charge in [0.25, 0.3) is 5.91 Å². The largest absolute Gasteiger partial charge is 0.409 e. The summed E-state index contributed by atoms with van der Waals surface area (Å²) in [6.07, 6.45) is 3.74. The van der Waals surface area contributed by atoms with Gasteiger partial charge in [-0.05, 0) is 31.0 Å². The van der Waals surface area contributed by atoms with E-state index in [9.17, 15) is 9.18 Å². The van der Waals surface area contributed by atoms with Gasteiger partial charge in [-0.2, -0.15) is 0 Å². The van der Waals surface area contributed by atoms with Crippen LogP contribution in [0.15, 0.2) is 27.8 Å². The lowest BCUT2D eigenvalue weighted by molar-refractivity contribution is 0.0707. The number of hydrogen-bond acceptors (Lipinski definition) is 3. The number of rotatable bonds is 4. The first-order valence-electron chi connectivity index (χ1n) is 6.75. The number of nitrogens with zero attached hydrogens (tertiary/aromatic N) is 2. The molecule has 0 bridgehead atoms. The maximum absolute atomic E-state index is 14.0. The minimum absolute atomic E-state index is 0.000784. The van der Waals surface area contributed by atoms with Gasteiger partial charge in [-0.15, -0.1) is 0 Å². The maximum atomic E-state index is 14.0. The highest BCUT2D eigenvalue weighted by molar-refractivity contribution is 9.10. The third kappa shape index (κ3) is 3.72. The van der Waals surface area contributed by atoms with Gasteiger partial charge in [-0.25, -0.2) is 4.39 Å². The fourth-order valence-corrected chi connectivity index (χ4v) is 2.94. The predicted molar refractivity (Wildman–Crippen MR) is 80.8 cm³/mol. The first kappa shape index (κ1) is 15.8. The Morgan fingerprint density at radius 1 is 1.48 bits per heavy atom. The van der Waals surface area contributed by atoms with Gasteiger partial charge >= 0.3 is 0 Å². The number of carbonyl (C=O) groups excluding carboxylic acids is 1. The van der Waals surface area contributed by atoms with Crippen molar-refractivity contribution < 1.29 is 14.4 Å². The SMILES string of the molecule is NC(CN(C(=O)c1ccc(Br)cc1F)C1CCCC1)=NO. The highest BCUT2D eigenvalue weighted by Crippen LogP contribution is 2.26. The van der Waals surface area contributed by atoms with Crippen molar-refractivity contribution in [2.24, 2.45) is 10.9 Å². The second-order valence-corrected chi connectivity index (χ2v) is 6.00. The van der Waals surface area contributed by atoms with Crippen LogP contribution in [0.2, 0.25) is 0 Å². The van der Waals surface area contributed by atoms with E-state index in [0.29, 0.717) is 4.47 Å². The van der Waals surface area contributed by atoms with Crippen molar-refractivity contribution in [1.82, 2.24) is 4.90 Å². The summed E-state index contributed by atoms with van der Waals surface area (Å²) in [5.41, 5.74) is 5.52. The van der Waals surface area contributed by atoms with E-state index >= 15 is 0 Å². The lowest BCUT2D eigenvalue weighted by Crippen LogP contribution is -2.44. The molecule has 1 aromatic carbocycles. The van der Waals surface area contributed by atoms with Crippen LogP contribution in [-0.4, -0.2) is 34.4 Å². The zero-order valence-corrected chi connectivity index (χ0v) is 13.0.